The van der Waals surface area contributed by atoms with Crippen LogP contribution in [0.15, 0.2) is 103 Å². The summed E-state index contributed by atoms with van der Waals surface area (Å²) >= 11 is 0. The number of amides is 4. The van der Waals surface area contributed by atoms with Gasteiger partial charge >= 0.3 is 6.09 Å². The highest BCUT2D eigenvalue weighted by atomic mass is 16.5. The van der Waals surface area contributed by atoms with Crippen LogP contribution in [0, 0.1) is 17.8 Å². The number of rotatable bonds is 10. The van der Waals surface area contributed by atoms with E-state index in [0.29, 0.717) is 36.2 Å². The third-order valence-corrected chi connectivity index (χ3v) is 10.3. The lowest BCUT2D eigenvalue weighted by Gasteiger charge is -2.37. The van der Waals surface area contributed by atoms with Gasteiger partial charge in [0.25, 0.3) is 11.8 Å². The monoisotopic (exact) mass is 669 g/mol. The second kappa shape index (κ2) is 14.5. The Bertz CT molecular complexity index is 1890. The lowest BCUT2D eigenvalue weighted by atomic mass is 9.75. The molecule has 50 heavy (non-hydrogen) atoms. The molecular weight excluding hydrogens is 630 g/mol. The molecule has 1 fully saturated rings. The standard InChI is InChI=1S/C41H39N3O6/c45-32(25-44-39(47)35-12-5-6-13-36(35)40(44)48)24-30-23-29-11-4-7-16-37(29)43(38(46)34-15-8-14-33(30)34)22-21-27-17-19-31(20-18-27)42-41(49)50-26-28-9-2-1-3-10-28/h1-7,9-13,16-20,30,33-34H,8,14-15,21-26H2,(H,42,49)/t30?,33-,34?/m0/s1. The summed E-state index contributed by atoms with van der Waals surface area (Å²) in [5.41, 5.74) is 5.10. The van der Waals surface area contributed by atoms with Gasteiger partial charge in [0.05, 0.1) is 17.7 Å². The topological polar surface area (TPSA) is 113 Å². The van der Waals surface area contributed by atoms with Crippen molar-refractivity contribution in [3.63, 3.8) is 0 Å². The predicted molar refractivity (Wildman–Crippen MR) is 189 cm³/mol. The van der Waals surface area contributed by atoms with Gasteiger partial charge in [-0.1, -0.05) is 79.2 Å². The van der Waals surface area contributed by atoms with Crippen LogP contribution >= 0.6 is 0 Å². The molecule has 3 atom stereocenters. The minimum Gasteiger partial charge on any atom is -0.444 e. The second-order valence-electron chi connectivity index (χ2n) is 13.4. The zero-order valence-electron chi connectivity index (χ0n) is 27.8. The Kier molecular flexibility index (Phi) is 9.56. The normalized spacial score (nSPS) is 19.7. The number of hydrogen-bond acceptors (Lipinski definition) is 6. The minimum absolute atomic E-state index is 0.0384. The summed E-state index contributed by atoms with van der Waals surface area (Å²) in [5, 5.41) is 2.77. The molecule has 4 amide bonds. The summed E-state index contributed by atoms with van der Waals surface area (Å²) in [7, 11) is 0. The molecule has 3 aliphatic rings. The number of ketones is 1. The van der Waals surface area contributed by atoms with Gasteiger partial charge in [0.2, 0.25) is 5.91 Å². The number of carbonyl (C=O) groups excluding carboxylic acids is 5. The number of fused-ring (bicyclic) bond motifs is 3. The van der Waals surface area contributed by atoms with Crippen LogP contribution in [0.4, 0.5) is 16.2 Å². The summed E-state index contributed by atoms with van der Waals surface area (Å²) in [6, 6.07) is 31.6. The average molecular weight is 670 g/mol. The van der Waals surface area contributed by atoms with Crippen molar-refractivity contribution in [1.29, 1.82) is 0 Å². The van der Waals surface area contributed by atoms with Gasteiger partial charge in [-0.25, -0.2) is 4.79 Å². The molecule has 2 heterocycles. The van der Waals surface area contributed by atoms with E-state index in [4.69, 9.17) is 4.74 Å². The zero-order chi connectivity index (χ0) is 34.6. The molecule has 2 unspecified atom stereocenters. The highest BCUT2D eigenvalue weighted by Gasteiger charge is 2.43. The maximum Gasteiger partial charge on any atom is 0.411 e. The largest absolute Gasteiger partial charge is 0.444 e. The number of para-hydroxylation sites is 1. The number of ether oxygens (including phenoxy) is 1. The van der Waals surface area contributed by atoms with Crippen LogP contribution in [0.2, 0.25) is 0 Å². The Morgan fingerprint density at radius 3 is 2.16 bits per heavy atom. The quantitative estimate of drug-likeness (QED) is 0.185. The zero-order valence-corrected chi connectivity index (χ0v) is 27.8. The molecule has 0 bridgehead atoms. The summed E-state index contributed by atoms with van der Waals surface area (Å²) in [6.45, 7) is 0.421. The lowest BCUT2D eigenvalue weighted by molar-refractivity contribution is -0.126. The van der Waals surface area contributed by atoms with Gasteiger partial charge in [0, 0.05) is 30.3 Å². The van der Waals surface area contributed by atoms with Crippen LogP contribution in [0.5, 0.6) is 0 Å². The van der Waals surface area contributed by atoms with Crippen LogP contribution in [-0.4, -0.2) is 47.6 Å². The summed E-state index contributed by atoms with van der Waals surface area (Å²) < 4.78 is 5.33. The number of anilines is 2. The molecular formula is C41H39N3O6. The van der Waals surface area contributed by atoms with Crippen molar-refractivity contribution >= 4 is 41.0 Å². The molecule has 0 saturated heterocycles. The van der Waals surface area contributed by atoms with E-state index in [1.807, 2.05) is 83.8 Å². The van der Waals surface area contributed by atoms with E-state index in [-0.39, 0.29) is 49.0 Å². The molecule has 1 N–H and O–H groups in total. The first-order chi connectivity index (χ1) is 24.4. The van der Waals surface area contributed by atoms with Crippen molar-refractivity contribution in [2.24, 2.45) is 17.8 Å². The van der Waals surface area contributed by atoms with Crippen molar-refractivity contribution in [2.45, 2.75) is 45.1 Å². The maximum absolute atomic E-state index is 14.3. The molecule has 0 aromatic heterocycles. The number of benzene rings is 4. The second-order valence-corrected chi connectivity index (χ2v) is 13.4. The third kappa shape index (κ3) is 6.94. The summed E-state index contributed by atoms with van der Waals surface area (Å²) in [6.07, 6.45) is 3.48. The Morgan fingerprint density at radius 1 is 0.740 bits per heavy atom. The molecule has 0 radical (unpaired) electrons. The van der Waals surface area contributed by atoms with Gasteiger partial charge in [-0.05, 0) is 84.5 Å². The molecule has 254 valence electrons. The van der Waals surface area contributed by atoms with E-state index in [2.05, 4.69) is 5.32 Å². The molecule has 1 aliphatic carbocycles. The van der Waals surface area contributed by atoms with Gasteiger partial charge < -0.3 is 9.64 Å². The van der Waals surface area contributed by atoms with Crippen LogP contribution in [0.25, 0.3) is 0 Å². The van der Waals surface area contributed by atoms with Crippen molar-refractivity contribution in [3.05, 3.63) is 131 Å². The van der Waals surface area contributed by atoms with E-state index in [1.54, 1.807) is 24.3 Å². The SMILES string of the molecule is O=C(CC1Cc2ccccc2N(CCc2ccc(NC(=O)OCc3ccccc3)cc2)C(=O)C2CCC[C@@H]12)CN1C(=O)c2ccccc2C1=O. The maximum atomic E-state index is 14.3. The fourth-order valence-electron chi connectivity index (χ4n) is 7.80. The van der Waals surface area contributed by atoms with E-state index in [9.17, 15) is 24.0 Å². The smallest absolute Gasteiger partial charge is 0.411 e. The van der Waals surface area contributed by atoms with Crippen LogP contribution < -0.4 is 10.2 Å². The van der Waals surface area contributed by atoms with Crippen LogP contribution in [0.1, 0.15) is 63.1 Å². The Balaban J connectivity index is 1.01. The molecule has 9 heteroatoms. The van der Waals surface area contributed by atoms with Gasteiger partial charge in [-0.2, -0.15) is 0 Å². The predicted octanol–water partition coefficient (Wildman–Crippen LogP) is 6.86. The Labute approximate surface area is 291 Å². The molecule has 7 rings (SSSR count). The number of carbonyl (C=O) groups is 5. The first kappa shape index (κ1) is 33.0. The van der Waals surface area contributed by atoms with Crippen LogP contribution in [0.3, 0.4) is 0 Å². The molecule has 0 spiro atoms. The number of hydrogen-bond donors (Lipinski definition) is 1. The van der Waals surface area contributed by atoms with Crippen molar-refractivity contribution < 1.29 is 28.7 Å². The molecule has 9 nitrogen and oxygen atoms in total. The molecule has 2 aliphatic heterocycles. The number of imide groups is 1. The molecule has 4 aromatic carbocycles. The fourth-order valence-corrected chi connectivity index (χ4v) is 7.80. The third-order valence-electron chi connectivity index (χ3n) is 10.3. The van der Waals surface area contributed by atoms with E-state index in [0.717, 1.165) is 46.5 Å². The van der Waals surface area contributed by atoms with Gasteiger partial charge in [-0.15, -0.1) is 0 Å². The highest BCUT2D eigenvalue weighted by molar-refractivity contribution is 6.22. The molecule has 4 aromatic rings. The number of nitrogens with zero attached hydrogens (tertiary/aromatic N) is 2. The average Bonchev–Trinajstić information content (AvgIpc) is 3.71. The van der Waals surface area contributed by atoms with Crippen molar-refractivity contribution in [1.82, 2.24) is 4.90 Å². The Hall–Kier alpha value is -5.57. The molecule has 1 saturated carbocycles. The van der Waals surface area contributed by atoms with Crippen molar-refractivity contribution in [2.75, 3.05) is 23.3 Å². The first-order valence-corrected chi connectivity index (χ1v) is 17.3. The summed E-state index contributed by atoms with van der Waals surface area (Å²) in [5.74, 6) is -1.18. The van der Waals surface area contributed by atoms with Crippen LogP contribution in [-0.2, 0) is 33.8 Å². The van der Waals surface area contributed by atoms with Gasteiger partial charge in [-0.3, -0.25) is 29.4 Å². The van der Waals surface area contributed by atoms with Crippen molar-refractivity contribution in [3.8, 4) is 0 Å². The first-order valence-electron chi connectivity index (χ1n) is 17.3. The van der Waals surface area contributed by atoms with Gasteiger partial charge in [0.1, 0.15) is 6.61 Å². The van der Waals surface area contributed by atoms with E-state index >= 15 is 0 Å². The highest BCUT2D eigenvalue weighted by Crippen LogP contribution is 2.44. The fraction of sp³-hybridized carbons (Fsp3) is 0.293. The number of Topliss-reactive ketones (excluding diaryl/α,β-unsaturated/α-hetero) is 1. The number of nitrogens with one attached hydrogen (secondary N) is 1. The van der Waals surface area contributed by atoms with Gasteiger partial charge in [0.15, 0.2) is 5.78 Å². The lowest BCUT2D eigenvalue weighted by Crippen LogP contribution is -2.43. The van der Waals surface area contributed by atoms with E-state index in [1.165, 1.54) is 0 Å². The van der Waals surface area contributed by atoms with E-state index < -0.39 is 17.9 Å². The summed E-state index contributed by atoms with van der Waals surface area (Å²) in [4.78, 5) is 69.0. The Morgan fingerprint density at radius 2 is 1.42 bits per heavy atom. The minimum atomic E-state index is -0.529.